The Bertz CT molecular complexity index is 784. The fourth-order valence-electron chi connectivity index (χ4n) is 3.03. The van der Waals surface area contributed by atoms with Crippen LogP contribution in [0.5, 0.6) is 0 Å². The van der Waals surface area contributed by atoms with E-state index in [0.717, 1.165) is 37.6 Å². The molecule has 6 heteroatoms. The molecule has 0 spiro atoms. The first-order valence-corrected chi connectivity index (χ1v) is 9.14. The zero-order valence-electron chi connectivity index (χ0n) is 14.7. The van der Waals surface area contributed by atoms with Crippen molar-refractivity contribution in [1.29, 1.82) is 0 Å². The van der Waals surface area contributed by atoms with E-state index < -0.39 is 0 Å². The van der Waals surface area contributed by atoms with Gasteiger partial charge in [0, 0.05) is 54.6 Å². The van der Waals surface area contributed by atoms with Gasteiger partial charge in [-0.1, -0.05) is 24.6 Å². The summed E-state index contributed by atoms with van der Waals surface area (Å²) in [5.74, 6) is 0.0238. The van der Waals surface area contributed by atoms with Gasteiger partial charge in [0.25, 0.3) is 5.91 Å². The number of nitrogens with one attached hydrogen (secondary N) is 1. The van der Waals surface area contributed by atoms with Crippen LogP contribution in [0.25, 0.3) is 0 Å². The fourth-order valence-corrected chi connectivity index (χ4v) is 3.22. The fraction of sp³-hybridized carbons (Fsp3) is 0.300. The Balaban J connectivity index is 1.59. The van der Waals surface area contributed by atoms with Crippen LogP contribution in [-0.4, -0.2) is 42.9 Å². The van der Waals surface area contributed by atoms with Gasteiger partial charge < -0.3 is 15.1 Å². The molecule has 1 saturated heterocycles. The number of amides is 2. The Hall–Kier alpha value is -2.53. The summed E-state index contributed by atoms with van der Waals surface area (Å²) in [5.41, 5.74) is 2.35. The molecule has 26 heavy (non-hydrogen) atoms. The Labute approximate surface area is 158 Å². The molecule has 1 heterocycles. The highest BCUT2D eigenvalue weighted by Crippen LogP contribution is 2.20. The number of hydrogen-bond donors (Lipinski definition) is 1. The highest BCUT2D eigenvalue weighted by Gasteiger charge is 2.20. The van der Waals surface area contributed by atoms with Crippen LogP contribution < -0.4 is 10.2 Å². The van der Waals surface area contributed by atoms with E-state index in [1.807, 2.05) is 36.1 Å². The molecule has 2 aromatic carbocycles. The SMILES string of the molecule is CCC(=O)N1CCN(c2ccc(NC(=O)c3cccc(Cl)c3)cc2)CC1. The molecular weight excluding hydrogens is 350 g/mol. The number of carbonyl (C=O) groups excluding carboxylic acids is 2. The molecule has 0 aliphatic carbocycles. The number of hydrogen-bond acceptors (Lipinski definition) is 3. The number of anilines is 2. The van der Waals surface area contributed by atoms with Crippen molar-refractivity contribution in [3.63, 3.8) is 0 Å². The van der Waals surface area contributed by atoms with Crippen molar-refractivity contribution >= 4 is 34.8 Å². The summed E-state index contributed by atoms with van der Waals surface area (Å²) >= 11 is 5.93. The van der Waals surface area contributed by atoms with Crippen LogP contribution in [0.4, 0.5) is 11.4 Å². The molecule has 1 aliphatic heterocycles. The summed E-state index contributed by atoms with van der Waals surface area (Å²) in [6.07, 6.45) is 0.557. The second-order valence-corrected chi connectivity index (χ2v) is 6.67. The lowest BCUT2D eigenvalue weighted by molar-refractivity contribution is -0.131. The van der Waals surface area contributed by atoms with Crippen LogP contribution in [0.15, 0.2) is 48.5 Å². The summed E-state index contributed by atoms with van der Waals surface area (Å²) in [6.45, 7) is 5.03. The van der Waals surface area contributed by atoms with Gasteiger partial charge in [0.2, 0.25) is 5.91 Å². The van der Waals surface area contributed by atoms with Crippen molar-refractivity contribution < 1.29 is 9.59 Å². The molecule has 2 aromatic rings. The number of carbonyl (C=O) groups is 2. The highest BCUT2D eigenvalue weighted by atomic mass is 35.5. The minimum absolute atomic E-state index is 0.188. The zero-order chi connectivity index (χ0) is 18.5. The molecule has 2 amide bonds. The third-order valence-electron chi connectivity index (χ3n) is 4.51. The topological polar surface area (TPSA) is 52.7 Å². The van der Waals surface area contributed by atoms with E-state index in [1.165, 1.54) is 0 Å². The zero-order valence-corrected chi connectivity index (χ0v) is 15.5. The van der Waals surface area contributed by atoms with Gasteiger partial charge in [-0.05, 0) is 42.5 Å². The van der Waals surface area contributed by atoms with Gasteiger partial charge in [-0.25, -0.2) is 0 Å². The average molecular weight is 372 g/mol. The van der Waals surface area contributed by atoms with E-state index >= 15 is 0 Å². The van der Waals surface area contributed by atoms with Crippen LogP contribution in [0, 0.1) is 0 Å². The van der Waals surface area contributed by atoms with Crippen molar-refractivity contribution in [3.05, 3.63) is 59.1 Å². The standard InChI is InChI=1S/C20H22ClN3O2/c1-2-19(25)24-12-10-23(11-13-24)18-8-6-17(7-9-18)22-20(26)15-4-3-5-16(21)14-15/h3-9,14H,2,10-13H2,1H3,(H,22,26). The molecule has 1 fully saturated rings. The lowest BCUT2D eigenvalue weighted by Gasteiger charge is -2.36. The molecular formula is C20H22ClN3O2. The third-order valence-corrected chi connectivity index (χ3v) is 4.75. The molecule has 0 unspecified atom stereocenters. The first-order chi connectivity index (χ1) is 12.6. The van der Waals surface area contributed by atoms with E-state index in [0.29, 0.717) is 17.0 Å². The Morgan fingerprint density at radius 1 is 1.04 bits per heavy atom. The maximum Gasteiger partial charge on any atom is 0.255 e. The second-order valence-electron chi connectivity index (χ2n) is 6.23. The summed E-state index contributed by atoms with van der Waals surface area (Å²) in [5, 5.41) is 3.41. The number of nitrogens with zero attached hydrogens (tertiary/aromatic N) is 2. The van der Waals surface area contributed by atoms with Gasteiger partial charge >= 0.3 is 0 Å². The molecule has 0 aromatic heterocycles. The Morgan fingerprint density at radius 2 is 1.73 bits per heavy atom. The molecule has 5 nitrogen and oxygen atoms in total. The third kappa shape index (κ3) is 4.35. The van der Waals surface area contributed by atoms with E-state index in [4.69, 9.17) is 11.6 Å². The first kappa shape index (κ1) is 18.3. The molecule has 1 N–H and O–H groups in total. The van der Waals surface area contributed by atoms with Crippen molar-refractivity contribution in [2.45, 2.75) is 13.3 Å². The Kier molecular flexibility index (Phi) is 5.78. The minimum atomic E-state index is -0.188. The van der Waals surface area contributed by atoms with Gasteiger partial charge in [0.1, 0.15) is 0 Å². The van der Waals surface area contributed by atoms with Crippen LogP contribution in [0.3, 0.4) is 0 Å². The molecule has 1 aliphatic rings. The lowest BCUT2D eigenvalue weighted by Crippen LogP contribution is -2.48. The summed E-state index contributed by atoms with van der Waals surface area (Å²) in [7, 11) is 0. The van der Waals surface area contributed by atoms with Gasteiger partial charge in [0.05, 0.1) is 0 Å². The second kappa shape index (κ2) is 8.23. The van der Waals surface area contributed by atoms with E-state index in [2.05, 4.69) is 10.2 Å². The summed E-state index contributed by atoms with van der Waals surface area (Å²) < 4.78 is 0. The number of halogens is 1. The predicted molar refractivity (Wildman–Crippen MR) is 105 cm³/mol. The van der Waals surface area contributed by atoms with Crippen LogP contribution in [0.1, 0.15) is 23.7 Å². The normalized spacial score (nSPS) is 14.2. The average Bonchev–Trinajstić information content (AvgIpc) is 2.68. The quantitative estimate of drug-likeness (QED) is 0.892. The lowest BCUT2D eigenvalue weighted by atomic mass is 10.2. The molecule has 0 bridgehead atoms. The van der Waals surface area contributed by atoms with Crippen molar-refractivity contribution in [2.75, 3.05) is 36.4 Å². The van der Waals surface area contributed by atoms with Crippen molar-refractivity contribution in [1.82, 2.24) is 4.90 Å². The number of piperazine rings is 1. The van der Waals surface area contributed by atoms with Gasteiger partial charge in [-0.3, -0.25) is 9.59 Å². The van der Waals surface area contributed by atoms with E-state index in [9.17, 15) is 9.59 Å². The van der Waals surface area contributed by atoms with Crippen LogP contribution in [0.2, 0.25) is 5.02 Å². The smallest absolute Gasteiger partial charge is 0.255 e. The van der Waals surface area contributed by atoms with E-state index in [-0.39, 0.29) is 11.8 Å². The highest BCUT2D eigenvalue weighted by molar-refractivity contribution is 6.31. The van der Waals surface area contributed by atoms with Crippen molar-refractivity contribution in [2.24, 2.45) is 0 Å². The van der Waals surface area contributed by atoms with Crippen molar-refractivity contribution in [3.8, 4) is 0 Å². The minimum Gasteiger partial charge on any atom is -0.368 e. The molecule has 0 saturated carbocycles. The van der Waals surface area contributed by atoms with Gasteiger partial charge in [-0.2, -0.15) is 0 Å². The molecule has 3 rings (SSSR count). The predicted octanol–water partition coefficient (Wildman–Crippen LogP) is 3.65. The number of benzene rings is 2. The summed E-state index contributed by atoms with van der Waals surface area (Å²) in [6, 6.07) is 14.6. The number of rotatable bonds is 4. The largest absolute Gasteiger partial charge is 0.368 e. The molecule has 0 atom stereocenters. The van der Waals surface area contributed by atoms with Gasteiger partial charge in [0.15, 0.2) is 0 Å². The summed E-state index contributed by atoms with van der Waals surface area (Å²) in [4.78, 5) is 28.2. The van der Waals surface area contributed by atoms with Crippen LogP contribution in [-0.2, 0) is 4.79 Å². The maximum atomic E-state index is 12.3. The molecule has 0 radical (unpaired) electrons. The van der Waals surface area contributed by atoms with Crippen LogP contribution >= 0.6 is 11.6 Å². The molecule has 136 valence electrons. The maximum absolute atomic E-state index is 12.3. The monoisotopic (exact) mass is 371 g/mol. The van der Waals surface area contributed by atoms with E-state index in [1.54, 1.807) is 24.3 Å². The first-order valence-electron chi connectivity index (χ1n) is 8.76. The Morgan fingerprint density at radius 3 is 2.35 bits per heavy atom. The van der Waals surface area contributed by atoms with Gasteiger partial charge in [-0.15, -0.1) is 0 Å².